The van der Waals surface area contributed by atoms with Crippen molar-refractivity contribution in [3.05, 3.63) is 0 Å². The highest BCUT2D eigenvalue weighted by Crippen LogP contribution is 2.40. The molecule has 0 aromatic carbocycles. The fraction of sp³-hybridized carbons (Fsp3) is 1.00. The highest BCUT2D eigenvalue weighted by atomic mass is 15.1. The summed E-state index contributed by atoms with van der Waals surface area (Å²) < 4.78 is 0. The van der Waals surface area contributed by atoms with E-state index in [-0.39, 0.29) is 0 Å². The van der Waals surface area contributed by atoms with Crippen LogP contribution < -0.4 is 5.73 Å². The number of likely N-dealkylation sites (N-methyl/N-ethyl adjacent to an activating group) is 1. The predicted octanol–water partition coefficient (Wildman–Crippen LogP) is 0.285. The Morgan fingerprint density at radius 2 is 2.00 bits per heavy atom. The van der Waals surface area contributed by atoms with Gasteiger partial charge in [0.2, 0.25) is 0 Å². The van der Waals surface area contributed by atoms with Crippen molar-refractivity contribution in [1.82, 2.24) is 4.90 Å². The molecule has 2 fully saturated rings. The van der Waals surface area contributed by atoms with Gasteiger partial charge in [0, 0.05) is 19.1 Å². The van der Waals surface area contributed by atoms with Gasteiger partial charge in [-0.05, 0) is 31.7 Å². The zero-order valence-corrected chi connectivity index (χ0v) is 6.59. The molecule has 58 valence electrons. The molecule has 1 aliphatic heterocycles. The standard InChI is InChI=1S/C8H16N2/c1-10-4-7(6-2-3-6)8(9)5-10/h6-8H,2-5,9H2,1H3/t7-,8+/m1/s1. The summed E-state index contributed by atoms with van der Waals surface area (Å²) in [6, 6.07) is 0.470. The lowest BCUT2D eigenvalue weighted by molar-refractivity contribution is 0.380. The fourth-order valence-electron chi connectivity index (χ4n) is 2.09. The normalized spacial score (nSPS) is 42.6. The third kappa shape index (κ3) is 1.06. The SMILES string of the molecule is CN1C[C@H](C2CC2)[C@@H](N)C1. The Morgan fingerprint density at radius 1 is 1.30 bits per heavy atom. The summed E-state index contributed by atoms with van der Waals surface area (Å²) in [5, 5.41) is 0. The molecule has 2 aliphatic rings. The Hall–Kier alpha value is -0.0800. The van der Waals surface area contributed by atoms with E-state index in [0.717, 1.165) is 18.4 Å². The third-order valence-electron chi connectivity index (χ3n) is 2.82. The molecule has 0 unspecified atom stereocenters. The van der Waals surface area contributed by atoms with Crippen LogP contribution >= 0.6 is 0 Å². The molecular weight excluding hydrogens is 124 g/mol. The van der Waals surface area contributed by atoms with E-state index in [4.69, 9.17) is 5.73 Å². The minimum atomic E-state index is 0.470. The van der Waals surface area contributed by atoms with E-state index in [1.165, 1.54) is 19.4 Å². The number of hydrogen-bond acceptors (Lipinski definition) is 2. The van der Waals surface area contributed by atoms with E-state index in [9.17, 15) is 0 Å². The van der Waals surface area contributed by atoms with Gasteiger partial charge in [-0.2, -0.15) is 0 Å². The van der Waals surface area contributed by atoms with Gasteiger partial charge in [-0.25, -0.2) is 0 Å². The predicted molar refractivity (Wildman–Crippen MR) is 41.7 cm³/mol. The van der Waals surface area contributed by atoms with E-state index >= 15 is 0 Å². The summed E-state index contributed by atoms with van der Waals surface area (Å²) in [7, 11) is 2.17. The number of likely N-dealkylation sites (tertiary alicyclic amines) is 1. The van der Waals surface area contributed by atoms with Crippen LogP contribution in [0.5, 0.6) is 0 Å². The molecular formula is C8H16N2. The Balaban J connectivity index is 1.95. The molecule has 2 heteroatoms. The maximum absolute atomic E-state index is 5.97. The Bertz CT molecular complexity index is 131. The average Bonchev–Trinajstić information content (AvgIpc) is 2.61. The first-order valence-electron chi connectivity index (χ1n) is 4.21. The minimum Gasteiger partial charge on any atom is -0.326 e. The Labute approximate surface area is 62.4 Å². The van der Waals surface area contributed by atoms with Gasteiger partial charge in [0.25, 0.3) is 0 Å². The van der Waals surface area contributed by atoms with E-state index in [2.05, 4.69) is 11.9 Å². The average molecular weight is 140 g/mol. The van der Waals surface area contributed by atoms with Crippen LogP contribution in [0.2, 0.25) is 0 Å². The number of nitrogens with zero attached hydrogens (tertiary/aromatic N) is 1. The molecule has 0 aromatic rings. The summed E-state index contributed by atoms with van der Waals surface area (Å²) in [6.45, 7) is 2.35. The highest BCUT2D eigenvalue weighted by Gasteiger charge is 2.39. The summed E-state index contributed by atoms with van der Waals surface area (Å²) in [4.78, 5) is 2.35. The lowest BCUT2D eigenvalue weighted by Crippen LogP contribution is -2.30. The monoisotopic (exact) mass is 140 g/mol. The first-order valence-corrected chi connectivity index (χ1v) is 4.21. The van der Waals surface area contributed by atoms with Gasteiger partial charge in [-0.15, -0.1) is 0 Å². The molecule has 1 saturated heterocycles. The van der Waals surface area contributed by atoms with Gasteiger partial charge in [0.15, 0.2) is 0 Å². The van der Waals surface area contributed by atoms with E-state index in [1.54, 1.807) is 0 Å². The molecule has 2 atom stereocenters. The Kier molecular flexibility index (Phi) is 1.46. The fourth-order valence-corrected chi connectivity index (χ4v) is 2.09. The van der Waals surface area contributed by atoms with Crippen molar-refractivity contribution in [2.75, 3.05) is 20.1 Å². The maximum Gasteiger partial charge on any atom is 0.0211 e. The Morgan fingerprint density at radius 3 is 2.40 bits per heavy atom. The van der Waals surface area contributed by atoms with Crippen molar-refractivity contribution in [2.24, 2.45) is 17.6 Å². The van der Waals surface area contributed by atoms with Crippen LogP contribution in [0.15, 0.2) is 0 Å². The van der Waals surface area contributed by atoms with Crippen LogP contribution in [0, 0.1) is 11.8 Å². The lowest BCUT2D eigenvalue weighted by Gasteiger charge is -2.11. The van der Waals surface area contributed by atoms with Crippen molar-refractivity contribution in [3.63, 3.8) is 0 Å². The van der Waals surface area contributed by atoms with Gasteiger partial charge >= 0.3 is 0 Å². The molecule has 1 aliphatic carbocycles. The van der Waals surface area contributed by atoms with Crippen molar-refractivity contribution in [3.8, 4) is 0 Å². The topological polar surface area (TPSA) is 29.3 Å². The van der Waals surface area contributed by atoms with Crippen LogP contribution in [0.3, 0.4) is 0 Å². The molecule has 0 bridgehead atoms. The molecule has 2 N–H and O–H groups in total. The number of nitrogens with two attached hydrogens (primary N) is 1. The van der Waals surface area contributed by atoms with Crippen LogP contribution in [-0.2, 0) is 0 Å². The number of rotatable bonds is 1. The van der Waals surface area contributed by atoms with Gasteiger partial charge in [0.1, 0.15) is 0 Å². The molecule has 1 heterocycles. The van der Waals surface area contributed by atoms with Crippen molar-refractivity contribution in [1.29, 1.82) is 0 Å². The molecule has 2 nitrogen and oxygen atoms in total. The van der Waals surface area contributed by atoms with Gasteiger partial charge in [-0.3, -0.25) is 0 Å². The second kappa shape index (κ2) is 2.21. The summed E-state index contributed by atoms with van der Waals surface area (Å²) in [5.41, 5.74) is 5.97. The largest absolute Gasteiger partial charge is 0.326 e. The smallest absolute Gasteiger partial charge is 0.0211 e. The van der Waals surface area contributed by atoms with Gasteiger partial charge < -0.3 is 10.6 Å². The highest BCUT2D eigenvalue weighted by molar-refractivity contribution is 4.94. The third-order valence-corrected chi connectivity index (χ3v) is 2.82. The minimum absolute atomic E-state index is 0.470. The van der Waals surface area contributed by atoms with Crippen LogP contribution in [0.4, 0.5) is 0 Å². The second-order valence-corrected chi connectivity index (χ2v) is 3.89. The number of hydrogen-bond donors (Lipinski definition) is 1. The van der Waals surface area contributed by atoms with E-state index in [1.807, 2.05) is 0 Å². The van der Waals surface area contributed by atoms with Crippen molar-refractivity contribution < 1.29 is 0 Å². The molecule has 0 spiro atoms. The summed E-state index contributed by atoms with van der Waals surface area (Å²) >= 11 is 0. The molecule has 0 aromatic heterocycles. The quantitative estimate of drug-likeness (QED) is 0.567. The first kappa shape index (κ1) is 6.62. The molecule has 2 rings (SSSR count). The van der Waals surface area contributed by atoms with Gasteiger partial charge in [-0.1, -0.05) is 0 Å². The van der Waals surface area contributed by atoms with Crippen LogP contribution in [0.25, 0.3) is 0 Å². The molecule has 0 radical (unpaired) electrons. The van der Waals surface area contributed by atoms with Crippen LogP contribution in [0.1, 0.15) is 12.8 Å². The lowest BCUT2D eigenvalue weighted by atomic mass is 9.99. The van der Waals surface area contributed by atoms with Gasteiger partial charge in [0.05, 0.1) is 0 Å². The molecule has 0 amide bonds. The second-order valence-electron chi connectivity index (χ2n) is 3.89. The maximum atomic E-state index is 5.97. The van der Waals surface area contributed by atoms with Crippen molar-refractivity contribution in [2.45, 2.75) is 18.9 Å². The van der Waals surface area contributed by atoms with E-state index < -0.39 is 0 Å². The zero-order valence-electron chi connectivity index (χ0n) is 6.59. The van der Waals surface area contributed by atoms with Crippen LogP contribution in [-0.4, -0.2) is 31.1 Å². The zero-order chi connectivity index (χ0) is 7.14. The van der Waals surface area contributed by atoms with Crippen molar-refractivity contribution >= 4 is 0 Å². The molecule has 1 saturated carbocycles. The molecule has 10 heavy (non-hydrogen) atoms. The summed E-state index contributed by atoms with van der Waals surface area (Å²) in [5.74, 6) is 1.81. The first-order chi connectivity index (χ1) is 4.77. The van der Waals surface area contributed by atoms with E-state index in [0.29, 0.717) is 6.04 Å². The summed E-state index contributed by atoms with van der Waals surface area (Å²) in [6.07, 6.45) is 2.87.